The van der Waals surface area contributed by atoms with Crippen LogP contribution in [-0.4, -0.2) is 57.8 Å². The SMILES string of the molecule is O=S(=O)(c1ccc(S(=O)(=O)N(Cc2cccs2)C[C@@H]2CCCO2)cc1)N1CCCCC1. The largest absolute Gasteiger partial charge is 0.377 e. The van der Waals surface area contributed by atoms with Crippen molar-refractivity contribution in [2.24, 2.45) is 0 Å². The van der Waals surface area contributed by atoms with E-state index < -0.39 is 20.0 Å². The molecule has 0 N–H and O–H groups in total. The number of hydrogen-bond acceptors (Lipinski definition) is 6. The fraction of sp³-hybridized carbons (Fsp3) is 0.524. The first-order chi connectivity index (χ1) is 14.9. The highest BCUT2D eigenvalue weighted by molar-refractivity contribution is 7.89. The van der Waals surface area contributed by atoms with Crippen LogP contribution in [0.4, 0.5) is 0 Å². The van der Waals surface area contributed by atoms with E-state index in [1.807, 2.05) is 17.5 Å². The van der Waals surface area contributed by atoms with E-state index in [0.717, 1.165) is 37.0 Å². The number of nitrogens with zero attached hydrogens (tertiary/aromatic N) is 2. The van der Waals surface area contributed by atoms with Gasteiger partial charge in [0.2, 0.25) is 20.0 Å². The highest BCUT2D eigenvalue weighted by atomic mass is 32.2. The highest BCUT2D eigenvalue weighted by Crippen LogP contribution is 2.26. The number of piperidine rings is 1. The molecule has 2 aromatic rings. The molecule has 2 saturated heterocycles. The molecule has 3 heterocycles. The van der Waals surface area contributed by atoms with Crippen LogP contribution in [0, 0.1) is 0 Å². The Balaban J connectivity index is 1.57. The molecule has 31 heavy (non-hydrogen) atoms. The van der Waals surface area contributed by atoms with Crippen molar-refractivity contribution in [1.82, 2.24) is 8.61 Å². The van der Waals surface area contributed by atoms with Crippen LogP contribution in [0.5, 0.6) is 0 Å². The van der Waals surface area contributed by atoms with E-state index in [-0.39, 0.29) is 29.0 Å². The quantitative estimate of drug-likeness (QED) is 0.574. The molecule has 1 atom stereocenters. The maximum Gasteiger partial charge on any atom is 0.243 e. The van der Waals surface area contributed by atoms with Gasteiger partial charge < -0.3 is 4.74 Å². The average Bonchev–Trinajstić information content (AvgIpc) is 3.48. The van der Waals surface area contributed by atoms with Crippen molar-refractivity contribution >= 4 is 31.4 Å². The summed E-state index contributed by atoms with van der Waals surface area (Å²) in [7, 11) is -7.40. The van der Waals surface area contributed by atoms with Crippen molar-refractivity contribution in [2.75, 3.05) is 26.2 Å². The lowest BCUT2D eigenvalue weighted by Crippen LogP contribution is -2.37. The van der Waals surface area contributed by atoms with Gasteiger partial charge >= 0.3 is 0 Å². The molecule has 2 aliphatic rings. The van der Waals surface area contributed by atoms with Crippen molar-refractivity contribution in [3.63, 3.8) is 0 Å². The maximum absolute atomic E-state index is 13.4. The van der Waals surface area contributed by atoms with Crippen LogP contribution in [0.1, 0.15) is 37.0 Å². The first kappa shape index (κ1) is 22.9. The molecule has 0 spiro atoms. The summed E-state index contributed by atoms with van der Waals surface area (Å²) in [4.78, 5) is 1.18. The number of sulfonamides is 2. The minimum absolute atomic E-state index is 0.0969. The van der Waals surface area contributed by atoms with E-state index >= 15 is 0 Å². The molecule has 2 fully saturated rings. The summed E-state index contributed by atoms with van der Waals surface area (Å²) in [5.41, 5.74) is 0. The normalized spacial score (nSPS) is 21.0. The Morgan fingerprint density at radius 3 is 2.29 bits per heavy atom. The summed E-state index contributed by atoms with van der Waals surface area (Å²) in [5, 5.41) is 1.92. The summed E-state index contributed by atoms with van der Waals surface area (Å²) in [5.74, 6) is 0. The number of thiophene rings is 1. The molecule has 170 valence electrons. The molecule has 7 nitrogen and oxygen atoms in total. The topological polar surface area (TPSA) is 84.0 Å². The van der Waals surface area contributed by atoms with Crippen LogP contribution in [0.25, 0.3) is 0 Å². The van der Waals surface area contributed by atoms with Crippen molar-refractivity contribution in [1.29, 1.82) is 0 Å². The summed E-state index contributed by atoms with van der Waals surface area (Å²) in [6.07, 6.45) is 4.39. The number of hydrogen-bond donors (Lipinski definition) is 0. The minimum Gasteiger partial charge on any atom is -0.377 e. The highest BCUT2D eigenvalue weighted by Gasteiger charge is 2.31. The fourth-order valence-corrected chi connectivity index (χ4v) is 7.79. The Kier molecular flexibility index (Phi) is 7.14. The molecule has 1 aromatic heterocycles. The van der Waals surface area contributed by atoms with Gasteiger partial charge in [0, 0.05) is 37.7 Å². The van der Waals surface area contributed by atoms with Gasteiger partial charge in [0.05, 0.1) is 15.9 Å². The van der Waals surface area contributed by atoms with Gasteiger partial charge in [0.1, 0.15) is 0 Å². The molecule has 0 radical (unpaired) electrons. The predicted octanol–water partition coefficient (Wildman–Crippen LogP) is 3.29. The van der Waals surface area contributed by atoms with Gasteiger partial charge in [-0.3, -0.25) is 0 Å². The lowest BCUT2D eigenvalue weighted by molar-refractivity contribution is 0.0927. The number of rotatable bonds is 8. The Morgan fingerprint density at radius 2 is 1.68 bits per heavy atom. The summed E-state index contributed by atoms with van der Waals surface area (Å²) in [6, 6.07) is 9.44. The van der Waals surface area contributed by atoms with E-state index in [1.165, 1.54) is 44.2 Å². The molecule has 0 bridgehead atoms. The smallest absolute Gasteiger partial charge is 0.243 e. The Labute approximate surface area is 188 Å². The molecule has 0 unspecified atom stereocenters. The molecule has 1 aromatic carbocycles. The predicted molar refractivity (Wildman–Crippen MR) is 120 cm³/mol. The molecule has 0 amide bonds. The summed E-state index contributed by atoms with van der Waals surface area (Å²) >= 11 is 1.51. The third-order valence-electron chi connectivity index (χ3n) is 5.76. The Morgan fingerprint density at radius 1 is 0.968 bits per heavy atom. The van der Waals surface area contributed by atoms with Crippen LogP contribution in [0.15, 0.2) is 51.6 Å². The average molecular weight is 485 g/mol. The van der Waals surface area contributed by atoms with E-state index in [4.69, 9.17) is 4.74 Å². The Bertz CT molecular complexity index is 1050. The minimum atomic E-state index is -3.80. The van der Waals surface area contributed by atoms with Gasteiger partial charge in [-0.15, -0.1) is 11.3 Å². The molecular weight excluding hydrogens is 456 g/mol. The van der Waals surface area contributed by atoms with E-state index in [2.05, 4.69) is 0 Å². The monoisotopic (exact) mass is 484 g/mol. The number of ether oxygens (including phenoxy) is 1. The number of benzene rings is 1. The van der Waals surface area contributed by atoms with Crippen molar-refractivity contribution in [3.05, 3.63) is 46.7 Å². The summed E-state index contributed by atoms with van der Waals surface area (Å²) < 4.78 is 61.2. The van der Waals surface area contributed by atoms with Crippen molar-refractivity contribution in [3.8, 4) is 0 Å². The Hall–Kier alpha value is -1.30. The van der Waals surface area contributed by atoms with Crippen molar-refractivity contribution in [2.45, 2.75) is 54.5 Å². The first-order valence-corrected chi connectivity index (χ1v) is 14.4. The first-order valence-electron chi connectivity index (χ1n) is 10.6. The second-order valence-electron chi connectivity index (χ2n) is 7.95. The molecule has 4 rings (SSSR count). The van der Waals surface area contributed by atoms with Crippen LogP contribution in [0.3, 0.4) is 0 Å². The van der Waals surface area contributed by atoms with E-state index in [9.17, 15) is 16.8 Å². The maximum atomic E-state index is 13.4. The molecule has 10 heteroatoms. The van der Waals surface area contributed by atoms with Crippen LogP contribution >= 0.6 is 11.3 Å². The van der Waals surface area contributed by atoms with Gasteiger partial charge in [0.25, 0.3) is 0 Å². The molecule has 2 aliphatic heterocycles. The summed E-state index contributed by atoms with van der Waals surface area (Å²) in [6.45, 7) is 2.24. The third-order valence-corrected chi connectivity index (χ3v) is 10.4. The van der Waals surface area contributed by atoms with Crippen molar-refractivity contribution < 1.29 is 21.6 Å². The second kappa shape index (κ2) is 9.68. The van der Waals surface area contributed by atoms with E-state index in [1.54, 1.807) is 0 Å². The molecular formula is C21H28N2O5S3. The lowest BCUT2D eigenvalue weighted by Gasteiger charge is -2.26. The fourth-order valence-electron chi connectivity index (χ4n) is 4.03. The zero-order valence-corrected chi connectivity index (χ0v) is 19.8. The van der Waals surface area contributed by atoms with Crippen LogP contribution < -0.4 is 0 Å². The zero-order valence-electron chi connectivity index (χ0n) is 17.4. The van der Waals surface area contributed by atoms with Gasteiger partial charge in [-0.1, -0.05) is 12.5 Å². The van der Waals surface area contributed by atoms with Gasteiger partial charge in [-0.05, 0) is 61.4 Å². The molecule has 0 saturated carbocycles. The lowest BCUT2D eigenvalue weighted by atomic mass is 10.2. The van der Waals surface area contributed by atoms with Gasteiger partial charge in [0.15, 0.2) is 0 Å². The second-order valence-corrected chi connectivity index (χ2v) is 12.9. The van der Waals surface area contributed by atoms with Gasteiger partial charge in [-0.2, -0.15) is 8.61 Å². The van der Waals surface area contributed by atoms with E-state index in [0.29, 0.717) is 19.7 Å². The standard InChI is InChI=1S/C21H28N2O5S3/c24-30(25,22-12-2-1-3-13-22)20-8-10-21(11-9-20)31(26,27)23(16-18-6-4-14-28-18)17-19-7-5-15-29-19/h5,7-11,15,18H,1-4,6,12-14,16-17H2/t18-/m0/s1. The molecule has 0 aliphatic carbocycles. The van der Waals surface area contributed by atoms with Gasteiger partial charge in [-0.25, -0.2) is 16.8 Å². The third kappa shape index (κ3) is 5.20. The van der Waals surface area contributed by atoms with Crippen LogP contribution in [0.2, 0.25) is 0 Å². The van der Waals surface area contributed by atoms with Crippen LogP contribution in [-0.2, 0) is 31.3 Å². The zero-order chi connectivity index (χ0) is 21.9.